The molecular weight excluding hydrogens is 260 g/mol. The predicted octanol–water partition coefficient (Wildman–Crippen LogP) is 3.32. The van der Waals surface area contributed by atoms with Gasteiger partial charge in [-0.3, -0.25) is 4.98 Å². The number of aromatic nitrogens is 3. The fourth-order valence-corrected chi connectivity index (χ4v) is 2.28. The Morgan fingerprint density at radius 1 is 0.952 bits per heavy atom. The van der Waals surface area contributed by atoms with E-state index in [0.29, 0.717) is 12.2 Å². The van der Waals surface area contributed by atoms with Crippen LogP contribution in [0.1, 0.15) is 37.0 Å². The van der Waals surface area contributed by atoms with Crippen molar-refractivity contribution in [2.75, 3.05) is 5.73 Å². The first-order valence-electron chi connectivity index (χ1n) is 7.10. The molecule has 3 aromatic rings. The lowest BCUT2D eigenvalue weighted by atomic mass is 10.1. The summed E-state index contributed by atoms with van der Waals surface area (Å²) in [7, 11) is 0. The number of nitrogens with two attached hydrogens (primary N) is 1. The molecule has 2 aromatic heterocycles. The van der Waals surface area contributed by atoms with Crippen LogP contribution in [0.3, 0.4) is 0 Å². The van der Waals surface area contributed by atoms with Crippen LogP contribution in [0.5, 0.6) is 0 Å². The molecular formula is C17H18N4. The molecule has 0 aliphatic carbocycles. The van der Waals surface area contributed by atoms with Gasteiger partial charge in [0.25, 0.3) is 0 Å². The fraction of sp³-hybridized carbons (Fsp3) is 0.235. The van der Waals surface area contributed by atoms with Crippen LogP contribution < -0.4 is 5.73 Å². The maximum Gasteiger partial charge on any atom is 0.133 e. The molecule has 0 aliphatic heterocycles. The van der Waals surface area contributed by atoms with Crippen LogP contribution in [-0.2, 0) is 6.42 Å². The molecule has 0 unspecified atom stereocenters. The molecule has 4 nitrogen and oxygen atoms in total. The summed E-state index contributed by atoms with van der Waals surface area (Å²) in [6.07, 6.45) is 0.664. The number of pyridine rings is 1. The summed E-state index contributed by atoms with van der Waals surface area (Å²) in [4.78, 5) is 13.5. The molecule has 1 aromatic carbocycles. The lowest BCUT2D eigenvalue weighted by molar-refractivity contribution is 0.763. The molecule has 2 N–H and O–H groups in total. The maximum atomic E-state index is 5.87. The highest BCUT2D eigenvalue weighted by Gasteiger charge is 2.08. The van der Waals surface area contributed by atoms with E-state index in [0.717, 1.165) is 28.1 Å². The Hall–Kier alpha value is -2.49. The molecule has 0 fully saturated rings. The van der Waals surface area contributed by atoms with E-state index in [2.05, 4.69) is 40.9 Å². The molecule has 0 radical (unpaired) electrons. The summed E-state index contributed by atoms with van der Waals surface area (Å²) in [5.41, 5.74) is 8.77. The van der Waals surface area contributed by atoms with E-state index in [-0.39, 0.29) is 5.92 Å². The van der Waals surface area contributed by atoms with Gasteiger partial charge in [0.1, 0.15) is 11.6 Å². The number of rotatable bonds is 3. The summed E-state index contributed by atoms with van der Waals surface area (Å²) in [5, 5.41) is 1.14. The third-order valence-electron chi connectivity index (χ3n) is 3.35. The zero-order chi connectivity index (χ0) is 14.8. The fourth-order valence-electron chi connectivity index (χ4n) is 2.28. The van der Waals surface area contributed by atoms with E-state index >= 15 is 0 Å². The topological polar surface area (TPSA) is 64.7 Å². The van der Waals surface area contributed by atoms with Gasteiger partial charge in [0.2, 0.25) is 0 Å². The number of fused-ring (bicyclic) bond motifs is 1. The number of nitrogens with zero attached hydrogens (tertiary/aromatic N) is 3. The van der Waals surface area contributed by atoms with Crippen molar-refractivity contribution in [1.82, 2.24) is 15.0 Å². The van der Waals surface area contributed by atoms with Gasteiger partial charge >= 0.3 is 0 Å². The Morgan fingerprint density at radius 2 is 1.76 bits per heavy atom. The first-order chi connectivity index (χ1) is 10.1. The maximum absolute atomic E-state index is 5.87. The van der Waals surface area contributed by atoms with E-state index < -0.39 is 0 Å². The summed E-state index contributed by atoms with van der Waals surface area (Å²) < 4.78 is 0. The lowest BCUT2D eigenvalue weighted by Gasteiger charge is -2.08. The Balaban J connectivity index is 1.94. The van der Waals surface area contributed by atoms with Gasteiger partial charge in [0.05, 0.1) is 11.2 Å². The largest absolute Gasteiger partial charge is 0.384 e. The summed E-state index contributed by atoms with van der Waals surface area (Å²) >= 11 is 0. The van der Waals surface area contributed by atoms with Crippen LogP contribution >= 0.6 is 0 Å². The smallest absolute Gasteiger partial charge is 0.133 e. The van der Waals surface area contributed by atoms with Gasteiger partial charge in [-0.25, -0.2) is 9.97 Å². The Bertz CT molecular complexity index is 781. The number of nitrogen functional groups attached to an aromatic ring is 1. The summed E-state index contributed by atoms with van der Waals surface area (Å²) in [6, 6.07) is 14.0. The van der Waals surface area contributed by atoms with Crippen molar-refractivity contribution >= 4 is 16.7 Å². The second-order valence-corrected chi connectivity index (χ2v) is 5.47. The molecule has 106 valence electrons. The molecule has 21 heavy (non-hydrogen) atoms. The molecule has 0 bridgehead atoms. The lowest BCUT2D eigenvalue weighted by Crippen LogP contribution is -2.06. The molecule has 4 heteroatoms. The van der Waals surface area contributed by atoms with Gasteiger partial charge < -0.3 is 5.73 Å². The average Bonchev–Trinajstić information content (AvgIpc) is 2.46. The SMILES string of the molecule is CC(C)c1nc(N)cc(Cc2ccc3ccccc3n2)n1. The van der Waals surface area contributed by atoms with Crippen molar-refractivity contribution in [3.63, 3.8) is 0 Å². The number of benzene rings is 1. The van der Waals surface area contributed by atoms with Crippen molar-refractivity contribution in [2.45, 2.75) is 26.2 Å². The first kappa shape index (κ1) is 13.5. The van der Waals surface area contributed by atoms with Gasteiger partial charge in [-0.2, -0.15) is 0 Å². The van der Waals surface area contributed by atoms with Crippen LogP contribution in [0.15, 0.2) is 42.5 Å². The molecule has 0 amide bonds. The normalized spacial score (nSPS) is 11.2. The summed E-state index contributed by atoms with van der Waals surface area (Å²) in [5.74, 6) is 1.56. The van der Waals surface area contributed by atoms with Crippen molar-refractivity contribution in [1.29, 1.82) is 0 Å². The summed E-state index contributed by atoms with van der Waals surface area (Å²) in [6.45, 7) is 4.12. The molecule has 0 spiro atoms. The molecule has 0 saturated carbocycles. The standard InChI is InChI=1S/C17H18N4/c1-11(2)17-20-14(10-16(18)21-17)9-13-8-7-12-5-3-4-6-15(12)19-13/h3-8,10-11H,9H2,1-2H3,(H2,18,20,21). The van der Waals surface area contributed by atoms with E-state index in [1.165, 1.54) is 0 Å². The van der Waals surface area contributed by atoms with Gasteiger partial charge in [0.15, 0.2) is 0 Å². The van der Waals surface area contributed by atoms with Crippen molar-refractivity contribution in [3.05, 3.63) is 59.7 Å². The highest BCUT2D eigenvalue weighted by Crippen LogP contribution is 2.16. The minimum Gasteiger partial charge on any atom is -0.384 e. The van der Waals surface area contributed by atoms with E-state index in [1.54, 1.807) is 0 Å². The van der Waals surface area contributed by atoms with Crippen molar-refractivity contribution in [2.24, 2.45) is 0 Å². The number of hydrogen-bond donors (Lipinski definition) is 1. The van der Waals surface area contributed by atoms with Crippen LogP contribution in [0, 0.1) is 0 Å². The molecule has 0 saturated heterocycles. The minimum atomic E-state index is 0.261. The predicted molar refractivity (Wildman–Crippen MR) is 85.1 cm³/mol. The highest BCUT2D eigenvalue weighted by atomic mass is 14.9. The van der Waals surface area contributed by atoms with E-state index in [4.69, 9.17) is 5.73 Å². The van der Waals surface area contributed by atoms with Crippen molar-refractivity contribution < 1.29 is 0 Å². The Labute approximate surface area is 124 Å². The third kappa shape index (κ3) is 2.99. The van der Waals surface area contributed by atoms with Crippen molar-refractivity contribution in [3.8, 4) is 0 Å². The number of hydrogen-bond acceptors (Lipinski definition) is 4. The molecule has 0 atom stereocenters. The Morgan fingerprint density at radius 3 is 2.57 bits per heavy atom. The van der Waals surface area contributed by atoms with Gasteiger partial charge in [-0.1, -0.05) is 38.1 Å². The monoisotopic (exact) mass is 278 g/mol. The average molecular weight is 278 g/mol. The minimum absolute atomic E-state index is 0.261. The quantitative estimate of drug-likeness (QED) is 0.798. The third-order valence-corrected chi connectivity index (χ3v) is 3.35. The second-order valence-electron chi connectivity index (χ2n) is 5.47. The first-order valence-corrected chi connectivity index (χ1v) is 7.10. The van der Waals surface area contributed by atoms with Gasteiger partial charge in [-0.05, 0) is 12.1 Å². The van der Waals surface area contributed by atoms with Gasteiger partial charge in [-0.15, -0.1) is 0 Å². The van der Waals surface area contributed by atoms with Gasteiger partial charge in [0, 0.05) is 29.5 Å². The van der Waals surface area contributed by atoms with Crippen LogP contribution in [0.4, 0.5) is 5.82 Å². The second kappa shape index (κ2) is 5.48. The van der Waals surface area contributed by atoms with E-state index in [1.807, 2.05) is 30.3 Å². The number of anilines is 1. The highest BCUT2D eigenvalue weighted by molar-refractivity contribution is 5.78. The molecule has 0 aliphatic rings. The van der Waals surface area contributed by atoms with E-state index in [9.17, 15) is 0 Å². The molecule has 3 rings (SSSR count). The Kier molecular flexibility index (Phi) is 3.52. The zero-order valence-electron chi connectivity index (χ0n) is 12.2. The molecule has 2 heterocycles. The van der Waals surface area contributed by atoms with Crippen LogP contribution in [-0.4, -0.2) is 15.0 Å². The van der Waals surface area contributed by atoms with Crippen LogP contribution in [0.2, 0.25) is 0 Å². The zero-order valence-corrected chi connectivity index (χ0v) is 12.2. The van der Waals surface area contributed by atoms with Crippen LogP contribution in [0.25, 0.3) is 10.9 Å². The number of para-hydroxylation sites is 1.